The summed E-state index contributed by atoms with van der Waals surface area (Å²) in [5.41, 5.74) is 3.07. The highest BCUT2D eigenvalue weighted by Crippen LogP contribution is 2.40. The number of anilines is 2. The van der Waals surface area contributed by atoms with E-state index in [1.807, 2.05) is 12.1 Å². The number of para-hydroxylation sites is 2. The molecule has 0 bridgehead atoms. The van der Waals surface area contributed by atoms with Crippen molar-refractivity contribution in [2.75, 3.05) is 49.1 Å². The van der Waals surface area contributed by atoms with Crippen molar-refractivity contribution in [1.29, 1.82) is 0 Å². The monoisotopic (exact) mass is 390 g/mol. The fraction of sp³-hybridized carbons (Fsp3) is 0.458. The van der Waals surface area contributed by atoms with Gasteiger partial charge in [-0.25, -0.2) is 0 Å². The molecule has 1 N–H and O–H groups in total. The molecule has 0 aromatic heterocycles. The molecule has 1 saturated carbocycles. The van der Waals surface area contributed by atoms with Crippen molar-refractivity contribution < 1.29 is 4.79 Å². The highest BCUT2D eigenvalue weighted by molar-refractivity contribution is 6.02. The molecule has 5 nitrogen and oxygen atoms in total. The summed E-state index contributed by atoms with van der Waals surface area (Å²) in [5.74, 6) is 0.0928. The van der Waals surface area contributed by atoms with Crippen LogP contribution < -0.4 is 15.1 Å². The summed E-state index contributed by atoms with van der Waals surface area (Å²) in [4.78, 5) is 20.3. The Kier molecular flexibility index (Phi) is 4.92. The highest BCUT2D eigenvalue weighted by atomic mass is 16.2. The normalized spacial score (nSPS) is 21.3. The zero-order valence-corrected chi connectivity index (χ0v) is 17.0. The number of nitrogens with zero attached hydrogens (tertiary/aromatic N) is 3. The SMILES string of the molecule is O=C1NC2(CCCC2)N(CCN2CCN(c3ccccc3)CC2)c2ccccc21. The second-order valence-corrected chi connectivity index (χ2v) is 8.53. The minimum absolute atomic E-state index is 0.0928. The molecule has 2 heterocycles. The maximum Gasteiger partial charge on any atom is 0.255 e. The lowest BCUT2D eigenvalue weighted by atomic mass is 9.97. The number of piperazine rings is 1. The van der Waals surface area contributed by atoms with E-state index in [9.17, 15) is 4.79 Å². The maximum atomic E-state index is 12.7. The molecule has 1 amide bonds. The number of benzene rings is 2. The Balaban J connectivity index is 1.27. The number of hydrogen-bond acceptors (Lipinski definition) is 4. The smallest absolute Gasteiger partial charge is 0.255 e. The summed E-state index contributed by atoms with van der Waals surface area (Å²) in [7, 11) is 0. The first kappa shape index (κ1) is 18.5. The third kappa shape index (κ3) is 3.48. The highest BCUT2D eigenvalue weighted by Gasteiger charge is 2.45. The second-order valence-electron chi connectivity index (χ2n) is 8.53. The van der Waals surface area contributed by atoms with Crippen molar-refractivity contribution in [2.45, 2.75) is 31.3 Å². The van der Waals surface area contributed by atoms with E-state index >= 15 is 0 Å². The quantitative estimate of drug-likeness (QED) is 0.869. The maximum absolute atomic E-state index is 12.7. The van der Waals surface area contributed by atoms with Gasteiger partial charge < -0.3 is 15.1 Å². The standard InChI is InChI=1S/C24H30N4O/c29-23-21-10-4-5-11-22(21)28(24(25-23)12-6-7-13-24)19-16-26-14-17-27(18-15-26)20-8-2-1-3-9-20/h1-5,8-11H,6-7,12-19H2,(H,25,29). The van der Waals surface area contributed by atoms with Gasteiger partial charge in [0.05, 0.1) is 11.3 Å². The zero-order chi connectivity index (χ0) is 19.7. The molecular formula is C24H30N4O. The van der Waals surface area contributed by atoms with Gasteiger partial charge in [0, 0.05) is 45.0 Å². The van der Waals surface area contributed by atoms with Gasteiger partial charge in [0.15, 0.2) is 0 Å². The molecule has 152 valence electrons. The van der Waals surface area contributed by atoms with E-state index in [2.05, 4.69) is 62.5 Å². The van der Waals surface area contributed by atoms with Crippen molar-refractivity contribution >= 4 is 17.3 Å². The van der Waals surface area contributed by atoms with Crippen molar-refractivity contribution in [1.82, 2.24) is 10.2 Å². The van der Waals surface area contributed by atoms with Crippen molar-refractivity contribution in [2.24, 2.45) is 0 Å². The Morgan fingerprint density at radius 2 is 1.52 bits per heavy atom. The zero-order valence-electron chi connectivity index (χ0n) is 17.0. The van der Waals surface area contributed by atoms with Crippen molar-refractivity contribution in [3.05, 3.63) is 60.2 Å². The van der Waals surface area contributed by atoms with Crippen LogP contribution in [-0.4, -0.2) is 55.7 Å². The van der Waals surface area contributed by atoms with E-state index in [0.29, 0.717) is 0 Å². The van der Waals surface area contributed by atoms with E-state index in [4.69, 9.17) is 0 Å². The molecule has 5 heteroatoms. The molecule has 2 fully saturated rings. The van der Waals surface area contributed by atoms with Crippen LogP contribution in [0, 0.1) is 0 Å². The molecule has 1 aliphatic carbocycles. The first-order valence-corrected chi connectivity index (χ1v) is 11.0. The molecule has 5 rings (SSSR count). The van der Waals surface area contributed by atoms with Gasteiger partial charge >= 0.3 is 0 Å². The molecule has 0 atom stereocenters. The van der Waals surface area contributed by atoms with Gasteiger partial charge in [-0.3, -0.25) is 9.69 Å². The Morgan fingerprint density at radius 3 is 2.28 bits per heavy atom. The molecule has 1 spiro atoms. The van der Waals surface area contributed by atoms with E-state index in [1.165, 1.54) is 18.5 Å². The van der Waals surface area contributed by atoms with Gasteiger partial charge in [-0.1, -0.05) is 30.3 Å². The number of fused-ring (bicyclic) bond motifs is 1. The third-order valence-corrected chi connectivity index (χ3v) is 6.87. The Morgan fingerprint density at radius 1 is 0.828 bits per heavy atom. The van der Waals surface area contributed by atoms with Gasteiger partial charge in [0.2, 0.25) is 0 Å². The molecule has 0 unspecified atom stereocenters. The fourth-order valence-corrected chi connectivity index (χ4v) is 5.28. The van der Waals surface area contributed by atoms with E-state index in [1.54, 1.807) is 0 Å². The first-order chi connectivity index (χ1) is 14.3. The molecule has 2 aliphatic heterocycles. The second kappa shape index (κ2) is 7.71. The number of amides is 1. The molecule has 1 saturated heterocycles. The van der Waals surface area contributed by atoms with Crippen LogP contribution in [0.5, 0.6) is 0 Å². The van der Waals surface area contributed by atoms with Crippen LogP contribution >= 0.6 is 0 Å². The van der Waals surface area contributed by atoms with Gasteiger partial charge in [0.25, 0.3) is 5.91 Å². The summed E-state index contributed by atoms with van der Waals surface area (Å²) in [5, 5.41) is 3.37. The summed E-state index contributed by atoms with van der Waals surface area (Å²) >= 11 is 0. The largest absolute Gasteiger partial charge is 0.369 e. The first-order valence-electron chi connectivity index (χ1n) is 11.0. The van der Waals surface area contributed by atoms with E-state index in [0.717, 1.165) is 63.4 Å². The van der Waals surface area contributed by atoms with Crippen LogP contribution in [-0.2, 0) is 0 Å². The summed E-state index contributed by atoms with van der Waals surface area (Å²) in [6.07, 6.45) is 4.48. The number of carbonyl (C=O) groups is 1. The number of rotatable bonds is 4. The van der Waals surface area contributed by atoms with Crippen LogP contribution in [0.1, 0.15) is 36.0 Å². The minimum atomic E-state index is -0.183. The van der Waals surface area contributed by atoms with Gasteiger partial charge in [-0.15, -0.1) is 0 Å². The Bertz CT molecular complexity index is 854. The predicted molar refractivity (Wildman–Crippen MR) is 118 cm³/mol. The van der Waals surface area contributed by atoms with Crippen LogP contribution in [0.15, 0.2) is 54.6 Å². The summed E-state index contributed by atoms with van der Waals surface area (Å²) in [6, 6.07) is 18.8. The van der Waals surface area contributed by atoms with Crippen molar-refractivity contribution in [3.8, 4) is 0 Å². The Hall–Kier alpha value is -2.53. The average Bonchev–Trinajstić information content (AvgIpc) is 3.23. The average molecular weight is 391 g/mol. The lowest BCUT2D eigenvalue weighted by Gasteiger charge is -2.48. The molecule has 2 aromatic carbocycles. The van der Waals surface area contributed by atoms with Crippen LogP contribution in [0.2, 0.25) is 0 Å². The van der Waals surface area contributed by atoms with E-state index in [-0.39, 0.29) is 11.6 Å². The summed E-state index contributed by atoms with van der Waals surface area (Å²) in [6.45, 7) is 6.32. The van der Waals surface area contributed by atoms with Crippen LogP contribution in [0.3, 0.4) is 0 Å². The number of hydrogen-bond donors (Lipinski definition) is 1. The van der Waals surface area contributed by atoms with Gasteiger partial charge in [-0.2, -0.15) is 0 Å². The fourth-order valence-electron chi connectivity index (χ4n) is 5.28. The molecule has 3 aliphatic rings. The predicted octanol–water partition coefficient (Wildman–Crippen LogP) is 3.33. The number of carbonyl (C=O) groups excluding carboxylic acids is 1. The van der Waals surface area contributed by atoms with Crippen LogP contribution in [0.4, 0.5) is 11.4 Å². The third-order valence-electron chi connectivity index (χ3n) is 6.87. The topological polar surface area (TPSA) is 38.8 Å². The molecule has 0 radical (unpaired) electrons. The lowest BCUT2D eigenvalue weighted by molar-refractivity contribution is 0.0879. The van der Waals surface area contributed by atoms with Crippen molar-refractivity contribution in [3.63, 3.8) is 0 Å². The molecule has 2 aromatic rings. The molecular weight excluding hydrogens is 360 g/mol. The number of nitrogens with one attached hydrogen (secondary N) is 1. The van der Waals surface area contributed by atoms with E-state index < -0.39 is 0 Å². The Labute approximate surface area is 173 Å². The minimum Gasteiger partial charge on any atom is -0.369 e. The van der Waals surface area contributed by atoms with Crippen LogP contribution in [0.25, 0.3) is 0 Å². The summed E-state index contributed by atoms with van der Waals surface area (Å²) < 4.78 is 0. The van der Waals surface area contributed by atoms with Gasteiger partial charge in [-0.05, 0) is 49.9 Å². The lowest BCUT2D eigenvalue weighted by Crippen LogP contribution is -2.64. The molecule has 29 heavy (non-hydrogen) atoms. The van der Waals surface area contributed by atoms with Gasteiger partial charge in [0.1, 0.15) is 5.66 Å².